The Morgan fingerprint density at radius 3 is 2.86 bits per heavy atom. The van der Waals surface area contributed by atoms with Gasteiger partial charge in [-0.25, -0.2) is 0 Å². The van der Waals surface area contributed by atoms with Crippen LogP contribution in [-0.4, -0.2) is 16.5 Å². The molecule has 0 saturated heterocycles. The van der Waals surface area contributed by atoms with Gasteiger partial charge < -0.3 is 9.26 Å². The van der Waals surface area contributed by atoms with E-state index < -0.39 is 0 Å². The highest BCUT2D eigenvalue weighted by atomic mass is 79.9. The molecule has 6 heteroatoms. The number of ether oxygens (including phenoxy) is 1. The van der Waals surface area contributed by atoms with Gasteiger partial charge in [0.25, 0.3) is 10.6 Å². The van der Waals surface area contributed by atoms with E-state index in [0.717, 1.165) is 12.8 Å². The van der Waals surface area contributed by atoms with E-state index in [1.807, 2.05) is 0 Å². The summed E-state index contributed by atoms with van der Waals surface area (Å²) < 4.78 is 10.1. The fourth-order valence-electron chi connectivity index (χ4n) is 0.789. The Bertz CT molecular complexity index is 324. The summed E-state index contributed by atoms with van der Waals surface area (Å²) in [7, 11) is 0. The largest absolute Gasteiger partial charge is 0.475 e. The van der Waals surface area contributed by atoms with Gasteiger partial charge in [0.2, 0.25) is 5.76 Å². The van der Waals surface area contributed by atoms with Gasteiger partial charge in [-0.1, -0.05) is 13.3 Å². The molecule has 4 nitrogen and oxygen atoms in total. The van der Waals surface area contributed by atoms with Crippen molar-refractivity contribution in [1.82, 2.24) is 5.16 Å². The molecule has 0 amide bonds. The number of unbranched alkanes of at least 4 members (excludes halogenated alkanes) is 1. The third kappa shape index (κ3) is 2.81. The zero-order valence-corrected chi connectivity index (χ0v) is 10.7. The van der Waals surface area contributed by atoms with Crippen LogP contribution in [0.2, 0.25) is 0 Å². The molecule has 14 heavy (non-hydrogen) atoms. The van der Waals surface area contributed by atoms with E-state index in [1.54, 1.807) is 0 Å². The van der Waals surface area contributed by atoms with Crippen LogP contribution in [0.1, 0.15) is 30.3 Å². The van der Waals surface area contributed by atoms with E-state index in [2.05, 4.69) is 43.9 Å². The van der Waals surface area contributed by atoms with Gasteiger partial charge in [-0.05, 0) is 27.5 Å². The highest BCUT2D eigenvalue weighted by molar-refractivity contribution is 9.18. The summed E-state index contributed by atoms with van der Waals surface area (Å²) in [6.07, 6.45) is 1.98. The normalized spacial score (nSPS) is 10.2. The summed E-state index contributed by atoms with van der Waals surface area (Å²) in [5.41, 5.74) is 0. The summed E-state index contributed by atoms with van der Waals surface area (Å²) in [5, 5.41) is 3.61. The number of carbonyl (C=O) groups is 1. The van der Waals surface area contributed by atoms with Crippen LogP contribution in [0.4, 0.5) is 0 Å². The average Bonchev–Trinajstić information content (AvgIpc) is 2.48. The standard InChI is InChI=1S/C8H9Br2NO3/c1-2-3-4-13-8-5(9)6(7(10)12)14-11-8/h2-4H2,1H3. The first-order chi connectivity index (χ1) is 6.66. The van der Waals surface area contributed by atoms with Crippen molar-refractivity contribution in [2.24, 2.45) is 0 Å². The Morgan fingerprint density at radius 1 is 1.64 bits per heavy atom. The molecule has 0 saturated carbocycles. The van der Waals surface area contributed by atoms with Crippen molar-refractivity contribution in [3.8, 4) is 5.88 Å². The Hall–Kier alpha value is -0.360. The summed E-state index contributed by atoms with van der Waals surface area (Å²) in [5.74, 6) is 0.442. The molecule has 0 aromatic carbocycles. The van der Waals surface area contributed by atoms with Gasteiger partial charge >= 0.3 is 0 Å². The minimum absolute atomic E-state index is 0.122. The van der Waals surface area contributed by atoms with Gasteiger partial charge in [0.05, 0.1) is 6.61 Å². The first-order valence-corrected chi connectivity index (χ1v) is 5.73. The zero-order chi connectivity index (χ0) is 10.6. The summed E-state index contributed by atoms with van der Waals surface area (Å²) in [6, 6.07) is 0. The molecule has 0 radical (unpaired) electrons. The van der Waals surface area contributed by atoms with Crippen LogP contribution >= 0.6 is 31.9 Å². The SMILES string of the molecule is CCCCOc1noc(C(=O)Br)c1Br. The van der Waals surface area contributed by atoms with Crippen molar-refractivity contribution in [2.75, 3.05) is 6.61 Å². The lowest BCUT2D eigenvalue weighted by atomic mass is 10.4. The van der Waals surface area contributed by atoms with Crippen molar-refractivity contribution in [3.63, 3.8) is 0 Å². The van der Waals surface area contributed by atoms with E-state index in [4.69, 9.17) is 9.26 Å². The molecular formula is C8H9Br2NO3. The highest BCUT2D eigenvalue weighted by Crippen LogP contribution is 2.29. The maximum atomic E-state index is 10.9. The molecule has 78 valence electrons. The number of hydrogen-bond acceptors (Lipinski definition) is 4. The van der Waals surface area contributed by atoms with E-state index in [9.17, 15) is 4.79 Å². The van der Waals surface area contributed by atoms with Gasteiger partial charge in [-0.3, -0.25) is 4.79 Å². The van der Waals surface area contributed by atoms with E-state index in [-0.39, 0.29) is 10.5 Å². The molecule has 0 spiro atoms. The van der Waals surface area contributed by atoms with Gasteiger partial charge in [-0.2, -0.15) is 0 Å². The molecule has 0 fully saturated rings. The van der Waals surface area contributed by atoms with Crippen molar-refractivity contribution in [3.05, 3.63) is 10.2 Å². The Morgan fingerprint density at radius 2 is 2.36 bits per heavy atom. The van der Waals surface area contributed by atoms with Crippen LogP contribution in [0.25, 0.3) is 0 Å². The molecule has 0 aliphatic heterocycles. The second kappa shape index (κ2) is 5.50. The second-order valence-electron chi connectivity index (χ2n) is 2.61. The van der Waals surface area contributed by atoms with Gasteiger partial charge in [0, 0.05) is 15.9 Å². The topological polar surface area (TPSA) is 52.3 Å². The molecule has 0 bridgehead atoms. The molecule has 0 aliphatic rings. The maximum absolute atomic E-state index is 10.9. The number of rotatable bonds is 5. The Balaban J connectivity index is 2.65. The van der Waals surface area contributed by atoms with Crippen molar-refractivity contribution < 1.29 is 14.1 Å². The molecule has 0 N–H and O–H groups in total. The molecule has 0 aliphatic carbocycles. The lowest BCUT2D eigenvalue weighted by molar-refractivity contribution is 0.106. The molecule has 1 aromatic heterocycles. The minimum Gasteiger partial charge on any atom is -0.475 e. The van der Waals surface area contributed by atoms with Gasteiger partial charge in [0.1, 0.15) is 4.47 Å². The summed E-state index contributed by atoms with van der Waals surface area (Å²) in [6.45, 7) is 2.63. The zero-order valence-electron chi connectivity index (χ0n) is 7.55. The van der Waals surface area contributed by atoms with Crippen LogP contribution in [0.15, 0.2) is 9.00 Å². The lowest BCUT2D eigenvalue weighted by Gasteiger charge is -1.99. The number of nitrogens with zero attached hydrogens (tertiary/aromatic N) is 1. The third-order valence-corrected chi connectivity index (χ3v) is 2.58. The summed E-state index contributed by atoms with van der Waals surface area (Å²) >= 11 is 5.94. The monoisotopic (exact) mass is 325 g/mol. The third-order valence-electron chi connectivity index (χ3n) is 1.52. The average molecular weight is 327 g/mol. The van der Waals surface area contributed by atoms with Crippen molar-refractivity contribution in [1.29, 1.82) is 0 Å². The molecular weight excluding hydrogens is 318 g/mol. The molecule has 1 heterocycles. The highest BCUT2D eigenvalue weighted by Gasteiger charge is 2.19. The van der Waals surface area contributed by atoms with Crippen molar-refractivity contribution >= 4 is 36.6 Å². The fourth-order valence-corrected chi connectivity index (χ4v) is 1.77. The van der Waals surface area contributed by atoms with Crippen LogP contribution in [0.5, 0.6) is 5.88 Å². The fraction of sp³-hybridized carbons (Fsp3) is 0.500. The number of hydrogen-bond donors (Lipinski definition) is 0. The maximum Gasteiger partial charge on any atom is 0.269 e. The molecule has 1 rings (SSSR count). The van der Waals surface area contributed by atoms with E-state index >= 15 is 0 Å². The van der Waals surface area contributed by atoms with Crippen LogP contribution in [0.3, 0.4) is 0 Å². The van der Waals surface area contributed by atoms with E-state index in [1.165, 1.54) is 0 Å². The van der Waals surface area contributed by atoms with Gasteiger partial charge in [0.15, 0.2) is 0 Å². The molecule has 1 aromatic rings. The lowest BCUT2D eigenvalue weighted by Crippen LogP contribution is -1.97. The van der Waals surface area contributed by atoms with Gasteiger partial charge in [-0.15, -0.1) is 0 Å². The second-order valence-corrected chi connectivity index (χ2v) is 4.12. The summed E-state index contributed by atoms with van der Waals surface area (Å²) in [4.78, 5) is 10.9. The quantitative estimate of drug-likeness (QED) is 0.616. The first-order valence-electron chi connectivity index (χ1n) is 4.14. The van der Waals surface area contributed by atoms with Crippen LogP contribution < -0.4 is 4.74 Å². The van der Waals surface area contributed by atoms with Crippen LogP contribution in [0, 0.1) is 0 Å². The number of carbonyl (C=O) groups excluding carboxylic acids is 1. The predicted molar refractivity (Wildman–Crippen MR) is 57.9 cm³/mol. The molecule has 0 unspecified atom stereocenters. The Labute approximate surface area is 98.2 Å². The van der Waals surface area contributed by atoms with Crippen LogP contribution in [-0.2, 0) is 0 Å². The molecule has 0 atom stereocenters. The number of halogens is 2. The van der Waals surface area contributed by atoms with Crippen molar-refractivity contribution in [2.45, 2.75) is 19.8 Å². The number of aromatic nitrogens is 1. The minimum atomic E-state index is -0.359. The first kappa shape index (κ1) is 11.7. The van der Waals surface area contributed by atoms with E-state index in [0.29, 0.717) is 17.0 Å². The Kier molecular flexibility index (Phi) is 4.60. The predicted octanol–water partition coefficient (Wildman–Crippen LogP) is 3.15. The smallest absolute Gasteiger partial charge is 0.269 e.